The van der Waals surface area contributed by atoms with E-state index in [0.717, 1.165) is 21.6 Å². The smallest absolute Gasteiger partial charge is 0.408 e. The molecule has 0 unspecified atom stereocenters. The summed E-state index contributed by atoms with van der Waals surface area (Å²) in [7, 11) is 0. The first-order valence-corrected chi connectivity index (χ1v) is 9.02. The van der Waals surface area contributed by atoms with Gasteiger partial charge in [0.2, 0.25) is 0 Å². The van der Waals surface area contributed by atoms with Crippen LogP contribution in [0.15, 0.2) is 47.3 Å². The van der Waals surface area contributed by atoms with Gasteiger partial charge in [0.25, 0.3) is 5.56 Å². The lowest BCUT2D eigenvalue weighted by atomic mass is 10.0. The fourth-order valence-corrected chi connectivity index (χ4v) is 3.49. The van der Waals surface area contributed by atoms with Gasteiger partial charge in [0.05, 0.1) is 11.7 Å². The average Bonchev–Trinajstić information content (AvgIpc) is 2.63. The molecule has 2 aromatic carbocycles. The summed E-state index contributed by atoms with van der Waals surface area (Å²) in [5, 5.41) is 9.28. The molecule has 6 nitrogen and oxygen atoms in total. The van der Waals surface area contributed by atoms with Crippen LogP contribution < -0.4 is 5.56 Å². The standard InChI is InChI=1S/C21H21F2N3O3/c1-12(26(20(28)29)21(2,3)4)18-24-17-15(23)11-10-14(22)16(17)19(27)25(18)13-8-6-5-7-9-13/h5-12H,1-4H3,(H,28,29)/t12-/m0/s1. The molecule has 1 aromatic heterocycles. The zero-order valence-corrected chi connectivity index (χ0v) is 16.5. The van der Waals surface area contributed by atoms with Gasteiger partial charge in [-0.15, -0.1) is 0 Å². The molecule has 8 heteroatoms. The Morgan fingerprint density at radius 2 is 1.69 bits per heavy atom. The van der Waals surface area contributed by atoms with Crippen LogP contribution in [-0.4, -0.2) is 31.2 Å². The largest absolute Gasteiger partial charge is 0.465 e. The number of para-hydroxylation sites is 1. The topological polar surface area (TPSA) is 75.4 Å². The van der Waals surface area contributed by atoms with Gasteiger partial charge in [-0.3, -0.25) is 14.3 Å². The number of halogens is 2. The van der Waals surface area contributed by atoms with E-state index in [1.165, 1.54) is 0 Å². The van der Waals surface area contributed by atoms with E-state index in [0.29, 0.717) is 5.69 Å². The first-order chi connectivity index (χ1) is 13.5. The number of rotatable bonds is 3. The van der Waals surface area contributed by atoms with Crippen molar-refractivity contribution in [3.05, 3.63) is 70.3 Å². The minimum atomic E-state index is -1.22. The number of amides is 1. The predicted octanol–water partition coefficient (Wildman–Crippen LogP) is 4.50. The summed E-state index contributed by atoms with van der Waals surface area (Å²) >= 11 is 0. The van der Waals surface area contributed by atoms with Crippen molar-refractivity contribution in [3.63, 3.8) is 0 Å². The van der Waals surface area contributed by atoms with Crippen LogP contribution in [0.2, 0.25) is 0 Å². The van der Waals surface area contributed by atoms with Crippen LogP contribution in [0.1, 0.15) is 39.6 Å². The summed E-state index contributed by atoms with van der Waals surface area (Å²) in [6.45, 7) is 6.65. The Labute approximate surface area is 166 Å². The molecule has 1 amide bonds. The number of carbonyl (C=O) groups is 1. The van der Waals surface area contributed by atoms with E-state index >= 15 is 0 Å². The highest BCUT2D eigenvalue weighted by Crippen LogP contribution is 2.29. The van der Waals surface area contributed by atoms with Gasteiger partial charge >= 0.3 is 6.09 Å². The Balaban J connectivity index is 2.43. The third-order valence-corrected chi connectivity index (χ3v) is 4.65. The highest BCUT2D eigenvalue weighted by atomic mass is 19.1. The minimum absolute atomic E-state index is 0.00414. The summed E-state index contributed by atoms with van der Waals surface area (Å²) in [5.74, 6) is -1.76. The number of carboxylic acid groups (broad SMARTS) is 1. The maximum absolute atomic E-state index is 14.4. The van der Waals surface area contributed by atoms with Crippen molar-refractivity contribution >= 4 is 17.0 Å². The molecule has 1 N–H and O–H groups in total. The lowest BCUT2D eigenvalue weighted by Gasteiger charge is -2.38. The monoisotopic (exact) mass is 401 g/mol. The van der Waals surface area contributed by atoms with Gasteiger partial charge in [-0.2, -0.15) is 0 Å². The van der Waals surface area contributed by atoms with Crippen molar-refractivity contribution in [2.45, 2.75) is 39.3 Å². The third-order valence-electron chi connectivity index (χ3n) is 4.65. The van der Waals surface area contributed by atoms with Crippen molar-refractivity contribution < 1.29 is 18.7 Å². The number of nitrogens with zero attached hydrogens (tertiary/aromatic N) is 3. The van der Waals surface area contributed by atoms with Crippen LogP contribution in [0.4, 0.5) is 13.6 Å². The molecule has 0 aliphatic rings. The summed E-state index contributed by atoms with van der Waals surface area (Å²) < 4.78 is 30.0. The van der Waals surface area contributed by atoms with Crippen molar-refractivity contribution in [1.29, 1.82) is 0 Å². The van der Waals surface area contributed by atoms with E-state index < -0.39 is 45.8 Å². The van der Waals surface area contributed by atoms with Gasteiger partial charge in [0, 0.05) is 5.54 Å². The molecule has 3 aromatic rings. The summed E-state index contributed by atoms with van der Waals surface area (Å²) in [5.41, 5.74) is -1.70. The highest BCUT2D eigenvalue weighted by Gasteiger charge is 2.35. The van der Waals surface area contributed by atoms with E-state index in [-0.39, 0.29) is 5.82 Å². The Bertz CT molecular complexity index is 1140. The van der Waals surface area contributed by atoms with Crippen molar-refractivity contribution in [3.8, 4) is 5.69 Å². The molecule has 152 valence electrons. The molecular formula is C21H21F2N3O3. The van der Waals surface area contributed by atoms with Crippen molar-refractivity contribution in [1.82, 2.24) is 14.5 Å². The van der Waals surface area contributed by atoms with Gasteiger partial charge in [0.15, 0.2) is 0 Å². The second kappa shape index (κ2) is 7.27. The summed E-state index contributed by atoms with van der Waals surface area (Å²) in [6, 6.07) is 9.18. The minimum Gasteiger partial charge on any atom is -0.465 e. The van der Waals surface area contributed by atoms with Crippen LogP contribution in [0, 0.1) is 11.6 Å². The van der Waals surface area contributed by atoms with Crippen LogP contribution in [0.3, 0.4) is 0 Å². The molecule has 0 saturated heterocycles. The Kier molecular flexibility index (Phi) is 5.13. The van der Waals surface area contributed by atoms with Crippen molar-refractivity contribution in [2.24, 2.45) is 0 Å². The van der Waals surface area contributed by atoms with E-state index in [1.807, 2.05) is 0 Å². The third kappa shape index (κ3) is 3.57. The number of hydrogen-bond acceptors (Lipinski definition) is 3. The second-order valence-electron chi connectivity index (χ2n) is 7.70. The van der Waals surface area contributed by atoms with Gasteiger partial charge in [-0.1, -0.05) is 18.2 Å². The molecule has 0 saturated carbocycles. The lowest BCUT2D eigenvalue weighted by molar-refractivity contribution is 0.0719. The number of hydrogen-bond donors (Lipinski definition) is 1. The van der Waals surface area contributed by atoms with Gasteiger partial charge in [0.1, 0.15) is 28.4 Å². The molecule has 0 aliphatic heterocycles. The molecular weight excluding hydrogens is 380 g/mol. The number of fused-ring (bicyclic) bond motifs is 1. The quantitative estimate of drug-likeness (QED) is 0.701. The Hall–Kier alpha value is -3.29. The van der Waals surface area contributed by atoms with E-state index in [4.69, 9.17) is 0 Å². The SMILES string of the molecule is C[C@@H](c1nc2c(F)ccc(F)c2c(=O)n1-c1ccccc1)N(C(=O)O)C(C)(C)C. The summed E-state index contributed by atoms with van der Waals surface area (Å²) in [4.78, 5) is 30.5. The summed E-state index contributed by atoms with van der Waals surface area (Å²) in [6.07, 6.45) is -1.22. The number of benzene rings is 2. The second-order valence-corrected chi connectivity index (χ2v) is 7.70. The normalized spacial score (nSPS) is 12.8. The molecule has 0 spiro atoms. The molecule has 0 fully saturated rings. The first-order valence-electron chi connectivity index (χ1n) is 9.02. The fraction of sp³-hybridized carbons (Fsp3) is 0.286. The molecule has 1 heterocycles. The van der Waals surface area contributed by atoms with Crippen LogP contribution in [0.5, 0.6) is 0 Å². The van der Waals surface area contributed by atoms with Gasteiger partial charge < -0.3 is 5.11 Å². The predicted molar refractivity (Wildman–Crippen MR) is 105 cm³/mol. The molecule has 0 aliphatic carbocycles. The van der Waals surface area contributed by atoms with Crippen LogP contribution >= 0.6 is 0 Å². The van der Waals surface area contributed by atoms with Crippen molar-refractivity contribution in [2.75, 3.05) is 0 Å². The zero-order valence-electron chi connectivity index (χ0n) is 16.5. The highest BCUT2D eigenvalue weighted by molar-refractivity contribution is 5.79. The van der Waals surface area contributed by atoms with E-state index in [2.05, 4.69) is 4.98 Å². The van der Waals surface area contributed by atoms with Crippen LogP contribution in [0.25, 0.3) is 16.6 Å². The first kappa shape index (κ1) is 20.4. The molecule has 29 heavy (non-hydrogen) atoms. The van der Waals surface area contributed by atoms with Crippen LogP contribution in [-0.2, 0) is 0 Å². The lowest BCUT2D eigenvalue weighted by Crippen LogP contribution is -2.47. The maximum atomic E-state index is 14.4. The average molecular weight is 401 g/mol. The van der Waals surface area contributed by atoms with Gasteiger partial charge in [-0.25, -0.2) is 18.6 Å². The van der Waals surface area contributed by atoms with E-state index in [9.17, 15) is 23.5 Å². The Morgan fingerprint density at radius 1 is 1.10 bits per heavy atom. The molecule has 0 radical (unpaired) electrons. The molecule has 1 atom stereocenters. The van der Waals surface area contributed by atoms with Gasteiger partial charge in [-0.05, 0) is 52.0 Å². The Morgan fingerprint density at radius 3 is 2.24 bits per heavy atom. The maximum Gasteiger partial charge on any atom is 0.408 e. The zero-order chi connectivity index (χ0) is 21.5. The fourth-order valence-electron chi connectivity index (χ4n) is 3.49. The van der Waals surface area contributed by atoms with E-state index in [1.54, 1.807) is 58.0 Å². The molecule has 0 bridgehead atoms. The number of aromatic nitrogens is 2. The molecule has 3 rings (SSSR count).